The standard InChI is InChI=1S/C4H8O2/c5-3-1-2-4(3)6/h3-6H,1-2H2/t3-,4-/m0/s1. The van der Waals surface area contributed by atoms with Crippen LogP contribution >= 0.6 is 0 Å². The average molecular weight is 88.1 g/mol. The molecule has 0 aliphatic heterocycles. The van der Waals surface area contributed by atoms with Crippen molar-refractivity contribution in [3.05, 3.63) is 0 Å². The van der Waals surface area contributed by atoms with Gasteiger partial charge in [-0.1, -0.05) is 0 Å². The molecule has 1 aliphatic rings. The summed E-state index contributed by atoms with van der Waals surface area (Å²) < 4.78 is 0. The lowest BCUT2D eigenvalue weighted by Gasteiger charge is -2.26. The molecule has 0 amide bonds. The maximum absolute atomic E-state index is 8.47. The molecule has 1 rings (SSSR count). The van der Waals surface area contributed by atoms with Crippen molar-refractivity contribution in [3.8, 4) is 0 Å². The first-order valence-corrected chi connectivity index (χ1v) is 2.17. The van der Waals surface area contributed by atoms with E-state index in [0.717, 1.165) is 12.8 Å². The summed E-state index contributed by atoms with van der Waals surface area (Å²) in [5.41, 5.74) is 0. The molecule has 2 nitrogen and oxygen atoms in total. The fraction of sp³-hybridized carbons (Fsp3) is 1.00. The van der Waals surface area contributed by atoms with Gasteiger partial charge in [-0.05, 0) is 12.8 Å². The molecule has 0 bridgehead atoms. The van der Waals surface area contributed by atoms with Gasteiger partial charge in [0.05, 0.1) is 12.2 Å². The Balaban J connectivity index is 2.20. The molecule has 0 unspecified atom stereocenters. The summed E-state index contributed by atoms with van der Waals surface area (Å²) in [5.74, 6) is 0. The predicted molar refractivity (Wildman–Crippen MR) is 21.2 cm³/mol. The minimum Gasteiger partial charge on any atom is -0.390 e. The van der Waals surface area contributed by atoms with E-state index in [1.807, 2.05) is 0 Å². The highest BCUT2D eigenvalue weighted by atomic mass is 16.3. The zero-order valence-corrected chi connectivity index (χ0v) is 3.46. The van der Waals surface area contributed by atoms with Crippen LogP contribution in [0.15, 0.2) is 0 Å². The van der Waals surface area contributed by atoms with Gasteiger partial charge >= 0.3 is 0 Å². The smallest absolute Gasteiger partial charge is 0.0800 e. The van der Waals surface area contributed by atoms with Crippen molar-refractivity contribution in [2.24, 2.45) is 0 Å². The largest absolute Gasteiger partial charge is 0.390 e. The number of hydrogen-bond acceptors (Lipinski definition) is 2. The summed E-state index contributed by atoms with van der Waals surface area (Å²) in [5, 5.41) is 16.9. The lowest BCUT2D eigenvalue weighted by atomic mass is 9.93. The Morgan fingerprint density at radius 1 is 1.00 bits per heavy atom. The molecule has 0 saturated heterocycles. The Labute approximate surface area is 36.4 Å². The molecule has 2 atom stereocenters. The first kappa shape index (κ1) is 4.09. The van der Waals surface area contributed by atoms with Gasteiger partial charge in [0.2, 0.25) is 0 Å². The number of aliphatic hydroxyl groups is 2. The first-order chi connectivity index (χ1) is 2.80. The Bertz CT molecular complexity index is 45.5. The topological polar surface area (TPSA) is 40.5 Å². The third-order valence-electron chi connectivity index (χ3n) is 1.20. The molecule has 36 valence electrons. The molecule has 2 N–H and O–H groups in total. The highest BCUT2D eigenvalue weighted by molar-refractivity contribution is 4.77. The number of hydrogen-bond donors (Lipinski definition) is 2. The van der Waals surface area contributed by atoms with Crippen LogP contribution in [0.25, 0.3) is 0 Å². The zero-order valence-electron chi connectivity index (χ0n) is 3.46. The summed E-state index contributed by atoms with van der Waals surface area (Å²) in [4.78, 5) is 0. The quantitative estimate of drug-likeness (QED) is 0.419. The molecular weight excluding hydrogens is 80.0 g/mol. The molecule has 0 radical (unpaired) electrons. The van der Waals surface area contributed by atoms with Crippen LogP contribution < -0.4 is 0 Å². The maximum atomic E-state index is 8.47. The van der Waals surface area contributed by atoms with E-state index in [4.69, 9.17) is 10.2 Å². The zero-order chi connectivity index (χ0) is 4.57. The van der Waals surface area contributed by atoms with Gasteiger partial charge in [0.25, 0.3) is 0 Å². The Morgan fingerprint density at radius 2 is 1.33 bits per heavy atom. The van der Waals surface area contributed by atoms with Crippen LogP contribution in [0.2, 0.25) is 0 Å². The number of aliphatic hydroxyl groups excluding tert-OH is 2. The molecular formula is C4H8O2. The second-order valence-electron chi connectivity index (χ2n) is 1.71. The van der Waals surface area contributed by atoms with Gasteiger partial charge in [0, 0.05) is 0 Å². The Hall–Kier alpha value is -0.0800. The normalized spacial score (nSPS) is 45.0. The van der Waals surface area contributed by atoms with Crippen LogP contribution in [-0.2, 0) is 0 Å². The van der Waals surface area contributed by atoms with Gasteiger partial charge in [0.15, 0.2) is 0 Å². The highest BCUT2D eigenvalue weighted by Crippen LogP contribution is 2.18. The van der Waals surface area contributed by atoms with Crippen molar-refractivity contribution in [2.45, 2.75) is 25.0 Å². The summed E-state index contributed by atoms with van der Waals surface area (Å²) in [6.07, 6.45) is 0.734. The van der Waals surface area contributed by atoms with E-state index in [1.165, 1.54) is 0 Å². The van der Waals surface area contributed by atoms with Crippen LogP contribution in [0.4, 0.5) is 0 Å². The molecule has 0 heterocycles. The fourth-order valence-corrected chi connectivity index (χ4v) is 0.465. The second-order valence-corrected chi connectivity index (χ2v) is 1.71. The third kappa shape index (κ3) is 0.420. The van der Waals surface area contributed by atoms with Crippen molar-refractivity contribution >= 4 is 0 Å². The van der Waals surface area contributed by atoms with Crippen molar-refractivity contribution in [1.29, 1.82) is 0 Å². The van der Waals surface area contributed by atoms with Gasteiger partial charge < -0.3 is 10.2 Å². The second kappa shape index (κ2) is 1.21. The highest BCUT2D eigenvalue weighted by Gasteiger charge is 2.25. The van der Waals surface area contributed by atoms with Crippen LogP contribution in [0.5, 0.6) is 0 Å². The molecule has 0 aromatic rings. The van der Waals surface area contributed by atoms with E-state index < -0.39 is 12.2 Å². The molecule has 0 aromatic carbocycles. The summed E-state index contributed by atoms with van der Waals surface area (Å²) in [6, 6.07) is 0. The summed E-state index contributed by atoms with van der Waals surface area (Å²) in [6.45, 7) is 0. The van der Waals surface area contributed by atoms with Crippen LogP contribution in [-0.4, -0.2) is 22.4 Å². The van der Waals surface area contributed by atoms with Crippen molar-refractivity contribution in [3.63, 3.8) is 0 Å². The third-order valence-corrected chi connectivity index (χ3v) is 1.20. The maximum Gasteiger partial charge on any atom is 0.0800 e. The van der Waals surface area contributed by atoms with E-state index in [2.05, 4.69) is 0 Å². The van der Waals surface area contributed by atoms with Crippen molar-refractivity contribution in [1.82, 2.24) is 0 Å². The van der Waals surface area contributed by atoms with E-state index >= 15 is 0 Å². The van der Waals surface area contributed by atoms with Gasteiger partial charge in [-0.25, -0.2) is 0 Å². The molecule has 2 heteroatoms. The predicted octanol–water partition coefficient (Wildman–Crippen LogP) is -0.498. The lowest BCUT2D eigenvalue weighted by Crippen LogP contribution is -2.35. The monoisotopic (exact) mass is 88.1 g/mol. The first-order valence-electron chi connectivity index (χ1n) is 2.17. The molecule has 0 spiro atoms. The minimum atomic E-state index is -0.412. The van der Waals surface area contributed by atoms with Gasteiger partial charge in [0.1, 0.15) is 0 Å². The van der Waals surface area contributed by atoms with Gasteiger partial charge in [-0.3, -0.25) is 0 Å². The lowest BCUT2D eigenvalue weighted by molar-refractivity contribution is -0.0519. The average Bonchev–Trinajstić information content (AvgIpc) is 1.61. The van der Waals surface area contributed by atoms with Gasteiger partial charge in [-0.15, -0.1) is 0 Å². The van der Waals surface area contributed by atoms with Crippen LogP contribution in [0.1, 0.15) is 12.8 Å². The SMILES string of the molecule is O[C@H]1CC[C@@H]1O. The molecule has 1 fully saturated rings. The molecule has 1 aliphatic carbocycles. The van der Waals surface area contributed by atoms with Crippen molar-refractivity contribution in [2.75, 3.05) is 0 Å². The number of rotatable bonds is 0. The Kier molecular flexibility index (Phi) is 0.821. The minimum absolute atomic E-state index is 0.412. The Morgan fingerprint density at radius 3 is 1.33 bits per heavy atom. The fourth-order valence-electron chi connectivity index (χ4n) is 0.465. The van der Waals surface area contributed by atoms with E-state index in [9.17, 15) is 0 Å². The van der Waals surface area contributed by atoms with E-state index in [-0.39, 0.29) is 0 Å². The molecule has 6 heavy (non-hydrogen) atoms. The van der Waals surface area contributed by atoms with Gasteiger partial charge in [-0.2, -0.15) is 0 Å². The van der Waals surface area contributed by atoms with E-state index in [0.29, 0.717) is 0 Å². The summed E-state index contributed by atoms with van der Waals surface area (Å²) in [7, 11) is 0. The molecule has 0 aromatic heterocycles. The van der Waals surface area contributed by atoms with Crippen LogP contribution in [0, 0.1) is 0 Å². The van der Waals surface area contributed by atoms with Crippen molar-refractivity contribution < 1.29 is 10.2 Å². The summed E-state index contributed by atoms with van der Waals surface area (Å²) >= 11 is 0. The molecule has 1 saturated carbocycles. The van der Waals surface area contributed by atoms with E-state index in [1.54, 1.807) is 0 Å². The van der Waals surface area contributed by atoms with Crippen LogP contribution in [0.3, 0.4) is 0 Å².